The molecule has 2 unspecified atom stereocenters. The van der Waals surface area contributed by atoms with E-state index in [1.54, 1.807) is 0 Å². The van der Waals surface area contributed by atoms with Gasteiger partial charge in [0.05, 0.1) is 6.61 Å². The molecule has 1 aromatic rings. The molecule has 2 rings (SSSR count). The van der Waals surface area contributed by atoms with Crippen molar-refractivity contribution in [2.45, 2.75) is 64.1 Å². The Kier molecular flexibility index (Phi) is 5.06. The van der Waals surface area contributed by atoms with Crippen molar-refractivity contribution in [3.63, 3.8) is 0 Å². The molecule has 3 nitrogen and oxygen atoms in total. The SMILES string of the molecule is CCc1cccc(OC2CCC(CO)(NC(C)C)C2)c1. The second-order valence-corrected chi connectivity index (χ2v) is 6.22. The normalized spacial score (nSPS) is 26.1. The fourth-order valence-corrected chi connectivity index (χ4v) is 3.14. The highest BCUT2D eigenvalue weighted by molar-refractivity contribution is 5.28. The average Bonchev–Trinajstić information content (AvgIpc) is 2.82. The van der Waals surface area contributed by atoms with Gasteiger partial charge in [-0.2, -0.15) is 0 Å². The summed E-state index contributed by atoms with van der Waals surface area (Å²) in [5.41, 5.74) is 1.13. The molecule has 3 heteroatoms. The molecule has 1 saturated carbocycles. The first-order chi connectivity index (χ1) is 9.57. The van der Waals surface area contributed by atoms with Crippen molar-refractivity contribution in [1.82, 2.24) is 5.32 Å². The topological polar surface area (TPSA) is 41.5 Å². The summed E-state index contributed by atoms with van der Waals surface area (Å²) in [4.78, 5) is 0. The van der Waals surface area contributed by atoms with Crippen LogP contribution in [-0.2, 0) is 6.42 Å². The van der Waals surface area contributed by atoms with Crippen LogP contribution in [0.25, 0.3) is 0 Å². The van der Waals surface area contributed by atoms with Crippen LogP contribution in [0, 0.1) is 0 Å². The first-order valence-corrected chi connectivity index (χ1v) is 7.71. The third kappa shape index (κ3) is 3.74. The van der Waals surface area contributed by atoms with Crippen molar-refractivity contribution in [2.75, 3.05) is 6.61 Å². The number of aliphatic hydroxyl groups is 1. The summed E-state index contributed by atoms with van der Waals surface area (Å²) in [5.74, 6) is 0.952. The van der Waals surface area contributed by atoms with E-state index in [9.17, 15) is 5.11 Å². The predicted octanol–water partition coefficient (Wildman–Crippen LogP) is 2.91. The Balaban J connectivity index is 1.98. The molecule has 0 amide bonds. The van der Waals surface area contributed by atoms with Crippen LogP contribution in [0.2, 0.25) is 0 Å². The molecule has 0 heterocycles. The molecule has 0 saturated heterocycles. The Morgan fingerprint density at radius 3 is 2.90 bits per heavy atom. The predicted molar refractivity (Wildman–Crippen MR) is 82.2 cm³/mol. The summed E-state index contributed by atoms with van der Waals surface area (Å²) in [5, 5.41) is 13.2. The maximum atomic E-state index is 9.71. The molecule has 0 bridgehead atoms. The Labute approximate surface area is 122 Å². The van der Waals surface area contributed by atoms with Gasteiger partial charge in [-0.05, 0) is 37.0 Å². The van der Waals surface area contributed by atoms with Crippen molar-refractivity contribution in [1.29, 1.82) is 0 Å². The number of aliphatic hydroxyl groups excluding tert-OH is 1. The highest BCUT2D eigenvalue weighted by atomic mass is 16.5. The molecule has 1 aromatic carbocycles. The van der Waals surface area contributed by atoms with E-state index < -0.39 is 0 Å². The quantitative estimate of drug-likeness (QED) is 0.840. The fraction of sp³-hybridized carbons (Fsp3) is 0.647. The van der Waals surface area contributed by atoms with Gasteiger partial charge in [0.1, 0.15) is 11.9 Å². The zero-order valence-corrected chi connectivity index (χ0v) is 12.9. The van der Waals surface area contributed by atoms with Gasteiger partial charge < -0.3 is 15.2 Å². The summed E-state index contributed by atoms with van der Waals surface area (Å²) in [7, 11) is 0. The number of ether oxygens (including phenoxy) is 1. The van der Waals surface area contributed by atoms with Crippen LogP contribution in [0.3, 0.4) is 0 Å². The van der Waals surface area contributed by atoms with Gasteiger partial charge in [0, 0.05) is 18.0 Å². The van der Waals surface area contributed by atoms with Crippen LogP contribution in [-0.4, -0.2) is 29.4 Å². The second-order valence-electron chi connectivity index (χ2n) is 6.22. The number of benzene rings is 1. The van der Waals surface area contributed by atoms with Gasteiger partial charge in [-0.3, -0.25) is 0 Å². The lowest BCUT2D eigenvalue weighted by Crippen LogP contribution is -2.50. The number of hydrogen-bond acceptors (Lipinski definition) is 3. The summed E-state index contributed by atoms with van der Waals surface area (Å²) < 4.78 is 6.11. The van der Waals surface area contributed by atoms with Crippen LogP contribution in [0.5, 0.6) is 5.75 Å². The molecular weight excluding hydrogens is 250 g/mol. The van der Waals surface area contributed by atoms with Crippen LogP contribution in [0.15, 0.2) is 24.3 Å². The van der Waals surface area contributed by atoms with Crippen LogP contribution in [0.1, 0.15) is 45.6 Å². The maximum absolute atomic E-state index is 9.71. The van der Waals surface area contributed by atoms with Crippen molar-refractivity contribution in [3.8, 4) is 5.75 Å². The molecule has 112 valence electrons. The molecule has 1 fully saturated rings. The fourth-order valence-electron chi connectivity index (χ4n) is 3.14. The summed E-state index contributed by atoms with van der Waals surface area (Å²) in [6.45, 7) is 6.57. The minimum atomic E-state index is -0.165. The van der Waals surface area contributed by atoms with Gasteiger partial charge >= 0.3 is 0 Å². The molecule has 20 heavy (non-hydrogen) atoms. The molecular formula is C17H27NO2. The van der Waals surface area contributed by atoms with Crippen LogP contribution < -0.4 is 10.1 Å². The first kappa shape index (κ1) is 15.3. The van der Waals surface area contributed by atoms with E-state index in [2.05, 4.69) is 44.3 Å². The van der Waals surface area contributed by atoms with Gasteiger partial charge in [0.15, 0.2) is 0 Å². The van der Waals surface area contributed by atoms with Crippen molar-refractivity contribution in [2.24, 2.45) is 0 Å². The molecule has 0 radical (unpaired) electrons. The number of rotatable bonds is 6. The van der Waals surface area contributed by atoms with E-state index >= 15 is 0 Å². The standard InChI is InChI=1S/C17H27NO2/c1-4-14-6-5-7-15(10-14)20-16-8-9-17(11-16,12-19)18-13(2)3/h5-7,10,13,16,18-19H,4,8-9,11-12H2,1-3H3. The second kappa shape index (κ2) is 6.59. The van der Waals surface area contributed by atoms with Crippen LogP contribution in [0.4, 0.5) is 0 Å². The van der Waals surface area contributed by atoms with E-state index in [1.807, 2.05) is 6.07 Å². The zero-order chi connectivity index (χ0) is 14.6. The summed E-state index contributed by atoms with van der Waals surface area (Å²) >= 11 is 0. The van der Waals surface area contributed by atoms with E-state index in [-0.39, 0.29) is 18.2 Å². The van der Waals surface area contributed by atoms with Gasteiger partial charge in [0.2, 0.25) is 0 Å². The van der Waals surface area contributed by atoms with Crippen molar-refractivity contribution < 1.29 is 9.84 Å². The molecule has 0 spiro atoms. The Bertz CT molecular complexity index is 433. The van der Waals surface area contributed by atoms with E-state index in [4.69, 9.17) is 4.74 Å². The van der Waals surface area contributed by atoms with E-state index in [0.29, 0.717) is 6.04 Å². The molecule has 0 aromatic heterocycles. The Morgan fingerprint density at radius 2 is 2.25 bits per heavy atom. The molecule has 0 aliphatic heterocycles. The first-order valence-electron chi connectivity index (χ1n) is 7.71. The number of hydrogen-bond donors (Lipinski definition) is 2. The summed E-state index contributed by atoms with van der Waals surface area (Å²) in [6.07, 6.45) is 4.06. The minimum Gasteiger partial charge on any atom is -0.490 e. The Hall–Kier alpha value is -1.06. The minimum absolute atomic E-state index is 0.165. The largest absolute Gasteiger partial charge is 0.490 e. The van der Waals surface area contributed by atoms with Gasteiger partial charge in [-0.15, -0.1) is 0 Å². The molecule has 1 aliphatic carbocycles. The van der Waals surface area contributed by atoms with Gasteiger partial charge in [0.25, 0.3) is 0 Å². The lowest BCUT2D eigenvalue weighted by atomic mass is 9.97. The van der Waals surface area contributed by atoms with Crippen LogP contribution >= 0.6 is 0 Å². The van der Waals surface area contributed by atoms with Gasteiger partial charge in [-0.1, -0.05) is 32.9 Å². The lowest BCUT2D eigenvalue weighted by molar-refractivity contribution is 0.133. The smallest absolute Gasteiger partial charge is 0.119 e. The third-order valence-corrected chi connectivity index (χ3v) is 4.07. The maximum Gasteiger partial charge on any atom is 0.119 e. The number of nitrogens with one attached hydrogen (secondary N) is 1. The third-order valence-electron chi connectivity index (χ3n) is 4.07. The Morgan fingerprint density at radius 1 is 1.45 bits per heavy atom. The van der Waals surface area contributed by atoms with Crippen molar-refractivity contribution in [3.05, 3.63) is 29.8 Å². The monoisotopic (exact) mass is 277 g/mol. The average molecular weight is 277 g/mol. The lowest BCUT2D eigenvalue weighted by Gasteiger charge is -2.30. The van der Waals surface area contributed by atoms with Crippen molar-refractivity contribution >= 4 is 0 Å². The van der Waals surface area contributed by atoms with Gasteiger partial charge in [-0.25, -0.2) is 0 Å². The molecule has 1 aliphatic rings. The molecule has 2 atom stereocenters. The van der Waals surface area contributed by atoms with E-state index in [1.165, 1.54) is 5.56 Å². The zero-order valence-electron chi connectivity index (χ0n) is 12.9. The summed E-state index contributed by atoms with van der Waals surface area (Å²) in [6, 6.07) is 8.70. The molecule has 2 N–H and O–H groups in total. The highest BCUT2D eigenvalue weighted by Gasteiger charge is 2.40. The van der Waals surface area contributed by atoms with E-state index in [0.717, 1.165) is 31.4 Å². The highest BCUT2D eigenvalue weighted by Crippen LogP contribution is 2.33. The number of aryl methyl sites for hydroxylation is 1.